The van der Waals surface area contributed by atoms with Gasteiger partial charge in [0.05, 0.1) is 6.10 Å². The van der Waals surface area contributed by atoms with Crippen molar-refractivity contribution in [2.24, 2.45) is 11.8 Å². The van der Waals surface area contributed by atoms with Gasteiger partial charge in [-0.15, -0.1) is 0 Å². The first-order chi connectivity index (χ1) is 10.2. The van der Waals surface area contributed by atoms with Crippen molar-refractivity contribution in [3.63, 3.8) is 0 Å². The number of aliphatic hydroxyl groups excluding tert-OH is 1. The predicted molar refractivity (Wildman–Crippen MR) is 80.9 cm³/mol. The number of aryl methyl sites for hydroxylation is 1. The summed E-state index contributed by atoms with van der Waals surface area (Å²) < 4.78 is 0. The zero-order valence-electron chi connectivity index (χ0n) is 12.4. The molecule has 3 aliphatic rings. The number of carbonyl (C=O) groups is 1. The molecule has 1 heterocycles. The highest BCUT2D eigenvalue weighted by atomic mass is 16.3. The molecule has 3 nitrogen and oxygen atoms in total. The smallest absolute Gasteiger partial charge is 0.223 e. The monoisotopic (exact) mass is 285 g/mol. The van der Waals surface area contributed by atoms with E-state index in [9.17, 15) is 9.90 Å². The number of nitrogens with zero attached hydrogens (tertiary/aromatic N) is 1. The molecule has 1 aliphatic heterocycles. The van der Waals surface area contributed by atoms with Gasteiger partial charge in [0.15, 0.2) is 0 Å². The maximum Gasteiger partial charge on any atom is 0.223 e. The number of aliphatic hydroxyl groups is 1. The molecule has 112 valence electrons. The van der Waals surface area contributed by atoms with Crippen molar-refractivity contribution >= 4 is 5.91 Å². The third kappa shape index (κ3) is 2.38. The van der Waals surface area contributed by atoms with E-state index < -0.39 is 0 Å². The summed E-state index contributed by atoms with van der Waals surface area (Å²) in [6.07, 6.45) is 4.55. The summed E-state index contributed by atoms with van der Waals surface area (Å²) in [6, 6.07) is 8.57. The number of hydrogen-bond donors (Lipinski definition) is 1. The number of likely N-dealkylation sites (tertiary alicyclic amines) is 1. The average Bonchev–Trinajstić information content (AvgIpc) is 3.12. The molecule has 2 fully saturated rings. The van der Waals surface area contributed by atoms with Crippen LogP contribution in [0.1, 0.15) is 42.7 Å². The van der Waals surface area contributed by atoms with E-state index in [1.54, 1.807) is 0 Å². The van der Waals surface area contributed by atoms with Crippen molar-refractivity contribution in [1.82, 2.24) is 4.90 Å². The number of benzene rings is 1. The predicted octanol–water partition coefficient (Wildman–Crippen LogP) is 2.34. The van der Waals surface area contributed by atoms with E-state index in [2.05, 4.69) is 29.2 Å². The Morgan fingerprint density at radius 2 is 1.90 bits per heavy atom. The second-order valence-electron chi connectivity index (χ2n) is 7.08. The Bertz CT molecular complexity index is 542. The summed E-state index contributed by atoms with van der Waals surface area (Å²) in [6.45, 7) is 1.74. The molecule has 2 aliphatic carbocycles. The lowest BCUT2D eigenvalue weighted by atomic mass is 9.97. The molecule has 1 amide bonds. The van der Waals surface area contributed by atoms with Crippen LogP contribution in [-0.4, -0.2) is 35.1 Å². The van der Waals surface area contributed by atoms with Gasteiger partial charge in [0, 0.05) is 19.5 Å². The fourth-order valence-electron chi connectivity index (χ4n) is 4.67. The van der Waals surface area contributed by atoms with Gasteiger partial charge in [0.2, 0.25) is 5.91 Å². The van der Waals surface area contributed by atoms with Gasteiger partial charge in [-0.3, -0.25) is 4.79 Å². The lowest BCUT2D eigenvalue weighted by molar-refractivity contribution is -0.131. The summed E-state index contributed by atoms with van der Waals surface area (Å²) in [5.41, 5.74) is 2.82. The maximum absolute atomic E-state index is 12.6. The van der Waals surface area contributed by atoms with E-state index in [1.807, 2.05) is 0 Å². The van der Waals surface area contributed by atoms with Gasteiger partial charge >= 0.3 is 0 Å². The molecule has 4 rings (SSSR count). The topological polar surface area (TPSA) is 40.5 Å². The van der Waals surface area contributed by atoms with Gasteiger partial charge in [0.25, 0.3) is 0 Å². The third-order valence-corrected chi connectivity index (χ3v) is 5.76. The van der Waals surface area contributed by atoms with Gasteiger partial charge in [0.1, 0.15) is 0 Å². The van der Waals surface area contributed by atoms with Crippen molar-refractivity contribution in [2.75, 3.05) is 13.1 Å². The van der Waals surface area contributed by atoms with Crippen molar-refractivity contribution in [1.29, 1.82) is 0 Å². The van der Waals surface area contributed by atoms with Crippen LogP contribution in [0, 0.1) is 11.8 Å². The van der Waals surface area contributed by atoms with Crippen LogP contribution in [0.3, 0.4) is 0 Å². The minimum atomic E-state index is -0.126. The first-order valence-electron chi connectivity index (χ1n) is 8.24. The molecule has 1 saturated carbocycles. The van der Waals surface area contributed by atoms with Crippen LogP contribution in [-0.2, 0) is 11.2 Å². The molecule has 2 unspecified atom stereocenters. The largest absolute Gasteiger partial charge is 0.393 e. The second-order valence-corrected chi connectivity index (χ2v) is 7.08. The summed E-state index contributed by atoms with van der Waals surface area (Å²) in [5, 5.41) is 9.70. The first kappa shape index (κ1) is 13.3. The molecule has 0 bridgehead atoms. The molecular weight excluding hydrogens is 262 g/mol. The van der Waals surface area contributed by atoms with Crippen LogP contribution < -0.4 is 0 Å². The Morgan fingerprint density at radius 3 is 2.67 bits per heavy atom. The molecule has 1 saturated heterocycles. The van der Waals surface area contributed by atoms with Gasteiger partial charge in [-0.05, 0) is 54.6 Å². The minimum Gasteiger partial charge on any atom is -0.393 e. The standard InChI is InChI=1S/C18H23NO2/c20-16-7-14-10-19(11-15(14)8-16)18(21)9-13-6-5-12-3-1-2-4-17(12)13/h1-4,13-16,20H,5-11H2/t13?,14-,15+,16?. The molecule has 21 heavy (non-hydrogen) atoms. The molecule has 3 heteroatoms. The van der Waals surface area contributed by atoms with Crippen molar-refractivity contribution in [3.8, 4) is 0 Å². The third-order valence-electron chi connectivity index (χ3n) is 5.76. The molecule has 4 atom stereocenters. The Morgan fingerprint density at radius 1 is 1.19 bits per heavy atom. The molecule has 0 radical (unpaired) electrons. The average molecular weight is 285 g/mol. The fraction of sp³-hybridized carbons (Fsp3) is 0.611. The number of fused-ring (bicyclic) bond motifs is 2. The summed E-state index contributed by atoms with van der Waals surface area (Å²) in [7, 11) is 0. The summed E-state index contributed by atoms with van der Waals surface area (Å²) in [4.78, 5) is 14.6. The zero-order valence-corrected chi connectivity index (χ0v) is 12.4. The zero-order chi connectivity index (χ0) is 14.4. The lowest BCUT2D eigenvalue weighted by Gasteiger charge is -2.20. The highest BCUT2D eigenvalue weighted by Gasteiger charge is 2.42. The van der Waals surface area contributed by atoms with E-state index in [1.165, 1.54) is 11.1 Å². The Kier molecular flexibility index (Phi) is 3.26. The van der Waals surface area contributed by atoms with Crippen LogP contribution >= 0.6 is 0 Å². The van der Waals surface area contributed by atoms with Crippen molar-refractivity contribution in [2.45, 2.75) is 44.1 Å². The first-order valence-corrected chi connectivity index (χ1v) is 8.24. The number of rotatable bonds is 2. The Balaban J connectivity index is 1.40. The summed E-state index contributed by atoms with van der Waals surface area (Å²) >= 11 is 0. The molecular formula is C18H23NO2. The van der Waals surface area contributed by atoms with Crippen LogP contribution in [0.2, 0.25) is 0 Å². The summed E-state index contributed by atoms with van der Waals surface area (Å²) in [5.74, 6) is 1.82. The lowest BCUT2D eigenvalue weighted by Crippen LogP contribution is -2.31. The van der Waals surface area contributed by atoms with E-state index in [-0.39, 0.29) is 6.10 Å². The van der Waals surface area contributed by atoms with Crippen LogP contribution in [0.4, 0.5) is 0 Å². The van der Waals surface area contributed by atoms with Crippen LogP contribution in [0.5, 0.6) is 0 Å². The van der Waals surface area contributed by atoms with E-state index in [0.29, 0.717) is 30.1 Å². The van der Waals surface area contributed by atoms with Gasteiger partial charge in [-0.25, -0.2) is 0 Å². The van der Waals surface area contributed by atoms with Gasteiger partial charge in [-0.2, -0.15) is 0 Å². The quantitative estimate of drug-likeness (QED) is 0.906. The van der Waals surface area contributed by atoms with Crippen molar-refractivity contribution in [3.05, 3.63) is 35.4 Å². The van der Waals surface area contributed by atoms with Crippen LogP contribution in [0.15, 0.2) is 24.3 Å². The normalized spacial score (nSPS) is 34.0. The Labute approximate surface area is 126 Å². The van der Waals surface area contributed by atoms with Crippen LogP contribution in [0.25, 0.3) is 0 Å². The van der Waals surface area contributed by atoms with E-state index >= 15 is 0 Å². The minimum absolute atomic E-state index is 0.126. The highest BCUT2D eigenvalue weighted by Crippen LogP contribution is 2.40. The molecule has 0 aromatic heterocycles. The highest BCUT2D eigenvalue weighted by molar-refractivity contribution is 5.77. The van der Waals surface area contributed by atoms with E-state index in [4.69, 9.17) is 0 Å². The SMILES string of the molecule is O=C(CC1CCc2ccccc21)N1C[C@H]2CC(O)C[C@H]2C1. The molecule has 1 aromatic rings. The Hall–Kier alpha value is -1.35. The van der Waals surface area contributed by atoms with Gasteiger partial charge in [-0.1, -0.05) is 24.3 Å². The molecule has 1 aromatic carbocycles. The van der Waals surface area contributed by atoms with E-state index in [0.717, 1.165) is 38.8 Å². The maximum atomic E-state index is 12.6. The fourth-order valence-corrected chi connectivity index (χ4v) is 4.67. The number of hydrogen-bond acceptors (Lipinski definition) is 2. The molecule has 0 spiro atoms. The second kappa shape index (κ2) is 5.13. The molecule has 1 N–H and O–H groups in total. The van der Waals surface area contributed by atoms with Crippen molar-refractivity contribution < 1.29 is 9.90 Å². The number of carbonyl (C=O) groups excluding carboxylic acids is 1. The number of amides is 1. The van der Waals surface area contributed by atoms with Gasteiger partial charge < -0.3 is 10.0 Å².